The van der Waals surface area contributed by atoms with Gasteiger partial charge in [0.1, 0.15) is 13.2 Å². The molecular weight excluding hydrogens is 574 g/mol. The van der Waals surface area contributed by atoms with Crippen LogP contribution in [0.1, 0.15) is 61.9 Å². The Morgan fingerprint density at radius 1 is 1.11 bits per heavy atom. The lowest BCUT2D eigenvalue weighted by atomic mass is 9.46. The van der Waals surface area contributed by atoms with E-state index in [1.54, 1.807) is 12.2 Å². The average molecular weight is 612 g/mol. The van der Waals surface area contributed by atoms with Gasteiger partial charge in [0, 0.05) is 23.9 Å². The number of Topliss-reactive ketones (excluding diaryl/α,β-unsaturated/α-hetero) is 1. The van der Waals surface area contributed by atoms with E-state index >= 15 is 0 Å². The zero-order chi connectivity index (χ0) is 31.9. The number of fused-ring (bicyclic) bond motifs is 5. The summed E-state index contributed by atoms with van der Waals surface area (Å²) in [6, 6.07) is 5.76. The van der Waals surface area contributed by atoms with Crippen LogP contribution in [-0.4, -0.2) is 65.7 Å². The summed E-state index contributed by atoms with van der Waals surface area (Å²) in [7, 11) is 1.34. The van der Waals surface area contributed by atoms with Gasteiger partial charge in [-0.15, -0.1) is 10.1 Å². The van der Waals surface area contributed by atoms with Crippen molar-refractivity contribution in [1.82, 2.24) is 0 Å². The van der Waals surface area contributed by atoms with Gasteiger partial charge in [-0.25, -0.2) is 9.59 Å². The summed E-state index contributed by atoms with van der Waals surface area (Å²) in [6.45, 7) is 2.62. The first-order chi connectivity index (χ1) is 20.8. The van der Waals surface area contributed by atoms with Crippen LogP contribution in [0.15, 0.2) is 48.1 Å². The molecule has 0 heterocycles. The highest BCUT2D eigenvalue weighted by molar-refractivity contribution is 6.01. The second-order valence-electron chi connectivity index (χ2n) is 12.7. The van der Waals surface area contributed by atoms with Crippen LogP contribution in [0, 0.1) is 38.7 Å². The third kappa shape index (κ3) is 5.34. The van der Waals surface area contributed by atoms with E-state index in [4.69, 9.17) is 14.2 Å². The van der Waals surface area contributed by atoms with Crippen molar-refractivity contribution in [1.29, 1.82) is 0 Å². The molecule has 12 nitrogen and oxygen atoms in total. The van der Waals surface area contributed by atoms with Gasteiger partial charge >= 0.3 is 11.9 Å². The highest BCUT2D eigenvalue weighted by Gasteiger charge is 2.70. The number of carbonyl (C=O) groups is 4. The largest absolute Gasteiger partial charge is 0.454 e. The molecule has 0 aromatic heterocycles. The molecule has 0 spiro atoms. The summed E-state index contributed by atoms with van der Waals surface area (Å²) in [5.74, 6) is -2.41. The van der Waals surface area contributed by atoms with Crippen molar-refractivity contribution in [2.24, 2.45) is 28.6 Å². The molecule has 0 unspecified atom stereocenters. The molecular formula is C32H37NO11. The van der Waals surface area contributed by atoms with E-state index in [1.165, 1.54) is 31.4 Å². The van der Waals surface area contributed by atoms with Gasteiger partial charge in [0.2, 0.25) is 5.78 Å². The summed E-state index contributed by atoms with van der Waals surface area (Å²) in [6.07, 6.45) is 6.64. The number of ether oxygens (including phenoxy) is 3. The number of hydrogen-bond acceptors (Lipinski definition) is 11. The molecule has 0 bridgehead atoms. The second kappa shape index (κ2) is 11.9. The molecule has 3 fully saturated rings. The van der Waals surface area contributed by atoms with Gasteiger partial charge in [-0.3, -0.25) is 9.59 Å². The van der Waals surface area contributed by atoms with E-state index in [0.717, 1.165) is 12.0 Å². The van der Waals surface area contributed by atoms with Crippen molar-refractivity contribution in [3.8, 4) is 0 Å². The maximum Gasteiger partial charge on any atom is 0.338 e. The van der Waals surface area contributed by atoms with Crippen molar-refractivity contribution < 1.29 is 48.4 Å². The Morgan fingerprint density at radius 3 is 2.52 bits per heavy atom. The Morgan fingerprint density at radius 2 is 1.84 bits per heavy atom. The molecule has 5 rings (SSSR count). The summed E-state index contributed by atoms with van der Waals surface area (Å²) in [5, 5.41) is 21.2. The Labute approximate surface area is 254 Å². The van der Waals surface area contributed by atoms with E-state index in [1.807, 2.05) is 13.0 Å². The topological polar surface area (TPSA) is 169 Å². The fraction of sp³-hybridized carbons (Fsp3) is 0.562. The Kier molecular flexibility index (Phi) is 8.52. The van der Waals surface area contributed by atoms with E-state index in [9.17, 15) is 34.4 Å². The first-order valence-electron chi connectivity index (χ1n) is 14.7. The number of hydrogen-bond donors (Lipinski definition) is 1. The zero-order valence-corrected chi connectivity index (χ0v) is 25.0. The molecule has 3 saturated carbocycles. The first-order valence-corrected chi connectivity index (χ1v) is 14.7. The van der Waals surface area contributed by atoms with Crippen LogP contribution in [0.5, 0.6) is 0 Å². The lowest BCUT2D eigenvalue weighted by Crippen LogP contribution is -2.63. The van der Waals surface area contributed by atoms with Gasteiger partial charge in [-0.05, 0) is 73.8 Å². The smallest absolute Gasteiger partial charge is 0.338 e. The van der Waals surface area contributed by atoms with Crippen LogP contribution in [0.2, 0.25) is 0 Å². The number of benzene rings is 1. The van der Waals surface area contributed by atoms with Gasteiger partial charge < -0.3 is 24.2 Å². The normalized spacial score (nSPS) is 33.7. The average Bonchev–Trinajstić information content (AvgIpc) is 3.27. The predicted octanol–water partition coefficient (Wildman–Crippen LogP) is 3.33. The maximum atomic E-state index is 14.1. The van der Waals surface area contributed by atoms with Gasteiger partial charge in [-0.2, -0.15) is 0 Å². The molecule has 0 aliphatic heterocycles. The minimum Gasteiger partial charge on any atom is -0.454 e. The molecule has 1 aromatic rings. The minimum absolute atomic E-state index is 0.0000862. The van der Waals surface area contributed by atoms with Crippen LogP contribution in [-0.2, 0) is 40.0 Å². The third-order valence-electron chi connectivity index (χ3n) is 10.5. The molecule has 12 heteroatoms. The highest BCUT2D eigenvalue weighted by atomic mass is 16.9. The molecule has 4 aliphatic carbocycles. The fourth-order valence-corrected chi connectivity index (χ4v) is 8.53. The lowest BCUT2D eigenvalue weighted by molar-refractivity contribution is -0.763. The maximum absolute atomic E-state index is 14.1. The van der Waals surface area contributed by atoms with Crippen LogP contribution >= 0.6 is 0 Å². The number of nitrogens with zero attached hydrogens (tertiary/aromatic N) is 1. The predicted molar refractivity (Wildman–Crippen MR) is 152 cm³/mol. The summed E-state index contributed by atoms with van der Waals surface area (Å²) < 4.78 is 16.4. The number of allylic oxidation sites excluding steroid dienone is 4. The quantitative estimate of drug-likeness (QED) is 0.234. The van der Waals surface area contributed by atoms with Crippen molar-refractivity contribution in [3.05, 3.63) is 69.3 Å². The Bertz CT molecular complexity index is 1420. The molecule has 0 radical (unpaired) electrons. The van der Waals surface area contributed by atoms with Crippen molar-refractivity contribution >= 4 is 23.5 Å². The zero-order valence-electron chi connectivity index (χ0n) is 25.0. The summed E-state index contributed by atoms with van der Waals surface area (Å²) in [4.78, 5) is 66.7. The van der Waals surface area contributed by atoms with Crippen LogP contribution in [0.25, 0.3) is 0 Å². The fourth-order valence-electron chi connectivity index (χ4n) is 8.53. The SMILES string of the molecule is COCC(=O)O[C@]1(C(=O)COC(=O)c2ccc(CO[N+](=O)[O-])cc2)CC[C@H]2[C@@H]3CCC4=CC(=O)C=C[C@]4(C)[C@H]3[C@@H](O)C[C@@]21C. The van der Waals surface area contributed by atoms with Crippen molar-refractivity contribution in [2.75, 3.05) is 20.3 Å². The monoisotopic (exact) mass is 611 g/mol. The number of aliphatic hydroxyl groups excluding tert-OH is 1. The molecule has 44 heavy (non-hydrogen) atoms. The molecule has 0 amide bonds. The van der Waals surface area contributed by atoms with Crippen LogP contribution in [0.4, 0.5) is 0 Å². The Hall–Kier alpha value is -3.90. The number of ketones is 2. The minimum atomic E-state index is -1.65. The van der Waals surface area contributed by atoms with E-state index in [-0.39, 0.29) is 55.2 Å². The molecule has 0 saturated heterocycles. The molecule has 7 atom stereocenters. The summed E-state index contributed by atoms with van der Waals surface area (Å²) in [5.41, 5.74) is -1.51. The summed E-state index contributed by atoms with van der Waals surface area (Å²) >= 11 is 0. The van der Waals surface area contributed by atoms with E-state index < -0.39 is 52.0 Å². The standard InChI is InChI=1S/C32H37NO11/c1-30-12-10-22(34)14-21(30)8-9-23-24-11-13-32(44-27(37)18-41-3,31(24,2)15-25(35)28(23)30)26(36)17-42-29(38)20-6-4-19(5-7-20)16-43-33(39)40/h4-7,10,12,14,23-25,28,35H,8-9,11,13,15-18H2,1-3H3/t23-,24-,25-,28+,30-,31-,32-/m0/s1. The molecule has 4 aliphatic rings. The van der Waals surface area contributed by atoms with Gasteiger partial charge in [0.25, 0.3) is 5.09 Å². The first kappa shape index (κ1) is 31.5. The number of methoxy groups -OCH3 is 1. The van der Waals surface area contributed by atoms with E-state index in [2.05, 4.69) is 11.8 Å². The van der Waals surface area contributed by atoms with Gasteiger partial charge in [0.05, 0.1) is 11.7 Å². The third-order valence-corrected chi connectivity index (χ3v) is 10.5. The van der Waals surface area contributed by atoms with Crippen molar-refractivity contribution in [2.45, 2.75) is 64.3 Å². The Balaban J connectivity index is 1.38. The number of esters is 2. The second-order valence-corrected chi connectivity index (χ2v) is 12.7. The van der Waals surface area contributed by atoms with Crippen molar-refractivity contribution in [3.63, 3.8) is 0 Å². The number of carbonyl (C=O) groups excluding carboxylic acids is 4. The highest BCUT2D eigenvalue weighted by Crippen LogP contribution is 2.67. The molecule has 236 valence electrons. The number of rotatable bonds is 10. The van der Waals surface area contributed by atoms with E-state index in [0.29, 0.717) is 18.4 Å². The molecule has 1 N–H and O–H groups in total. The molecule has 1 aromatic carbocycles. The van der Waals surface area contributed by atoms with Crippen LogP contribution < -0.4 is 0 Å². The van der Waals surface area contributed by atoms with Gasteiger partial charge in [0.15, 0.2) is 18.0 Å². The van der Waals surface area contributed by atoms with Gasteiger partial charge in [-0.1, -0.05) is 37.6 Å². The van der Waals surface area contributed by atoms with Crippen LogP contribution in [0.3, 0.4) is 0 Å². The lowest BCUT2D eigenvalue weighted by Gasteiger charge is -2.59. The number of aliphatic hydroxyl groups is 1.